The highest BCUT2D eigenvalue weighted by Gasteiger charge is 2.40. The number of sulfonamides is 1. The quantitative estimate of drug-likeness (QED) is 0.515. The molecule has 3 aromatic rings. The lowest BCUT2D eigenvalue weighted by molar-refractivity contribution is -0.577. The van der Waals surface area contributed by atoms with E-state index < -0.39 is 21.6 Å². The fourth-order valence-electron chi connectivity index (χ4n) is 3.59. The summed E-state index contributed by atoms with van der Waals surface area (Å²) in [5.41, 5.74) is 0.989. The van der Waals surface area contributed by atoms with Gasteiger partial charge in [0.2, 0.25) is 5.78 Å². The van der Waals surface area contributed by atoms with E-state index in [1.807, 2.05) is 12.1 Å². The molecule has 2 aromatic carbocycles. The Hall–Kier alpha value is -3.10. The average Bonchev–Trinajstić information content (AvgIpc) is 2.77. The van der Waals surface area contributed by atoms with Gasteiger partial charge in [-0.2, -0.15) is 4.57 Å². The molecule has 0 bridgehead atoms. The topological polar surface area (TPSA) is 84.2 Å². The number of nitrogens with one attached hydrogen (secondary N) is 1. The fourth-order valence-corrected chi connectivity index (χ4v) is 4.92. The lowest BCUT2D eigenvalue weighted by Gasteiger charge is -2.20. The van der Waals surface area contributed by atoms with Gasteiger partial charge in [0.25, 0.3) is 21.5 Å². The second-order valence-electron chi connectivity index (χ2n) is 8.73. The van der Waals surface area contributed by atoms with Gasteiger partial charge < -0.3 is 0 Å². The lowest BCUT2D eigenvalue weighted by Crippen LogP contribution is -2.44. The predicted molar refractivity (Wildman–Crippen MR) is 128 cm³/mol. The molecule has 0 spiro atoms. The Balaban J connectivity index is 1.89. The van der Waals surface area contributed by atoms with Crippen LogP contribution in [0.15, 0.2) is 88.1 Å². The van der Waals surface area contributed by atoms with Crippen molar-refractivity contribution in [2.45, 2.75) is 31.1 Å². The molecule has 1 aromatic heterocycles. The molecular weight excluding hydrogens is 504 g/mol. The monoisotopic (exact) mass is 525 g/mol. The van der Waals surface area contributed by atoms with E-state index in [-0.39, 0.29) is 32.8 Å². The van der Waals surface area contributed by atoms with Gasteiger partial charge in [-0.05, 0) is 35.2 Å². The number of pyridine rings is 1. The molecule has 6 nitrogen and oxygen atoms in total. The van der Waals surface area contributed by atoms with Crippen LogP contribution in [0.2, 0.25) is 0 Å². The Morgan fingerprint density at radius 1 is 0.818 bits per heavy atom. The number of halogens is 1. The molecule has 33 heavy (non-hydrogen) atoms. The number of hydrogen-bond acceptors (Lipinski definition) is 4. The zero-order chi connectivity index (χ0) is 24.0. The van der Waals surface area contributed by atoms with Crippen LogP contribution in [0.4, 0.5) is 0 Å². The van der Waals surface area contributed by atoms with Crippen LogP contribution in [-0.4, -0.2) is 20.0 Å². The first kappa shape index (κ1) is 23.1. The van der Waals surface area contributed by atoms with Crippen molar-refractivity contribution in [3.8, 4) is 0 Å². The van der Waals surface area contributed by atoms with Gasteiger partial charge >= 0.3 is 0 Å². The minimum absolute atomic E-state index is 0.0234. The summed E-state index contributed by atoms with van der Waals surface area (Å²) in [6.07, 6.45) is 3.34. The summed E-state index contributed by atoms with van der Waals surface area (Å²) < 4.78 is 30.8. The maximum absolute atomic E-state index is 13.5. The summed E-state index contributed by atoms with van der Waals surface area (Å²) in [6.45, 7) is 6.19. The van der Waals surface area contributed by atoms with Crippen molar-refractivity contribution in [3.05, 3.63) is 99.9 Å². The van der Waals surface area contributed by atoms with Crippen LogP contribution in [0.25, 0.3) is 5.70 Å². The average molecular weight is 526 g/mol. The highest BCUT2D eigenvalue weighted by molar-refractivity contribution is 9.10. The number of carbonyl (C=O) groups excluding carboxylic acids is 2. The van der Waals surface area contributed by atoms with Crippen LogP contribution in [0.1, 0.15) is 47.1 Å². The second-order valence-corrected chi connectivity index (χ2v) is 11.3. The van der Waals surface area contributed by atoms with Crippen molar-refractivity contribution >= 4 is 43.2 Å². The molecule has 1 aliphatic carbocycles. The molecule has 0 fully saturated rings. The first-order valence-electron chi connectivity index (χ1n) is 10.2. The largest absolute Gasteiger partial charge is 0.287 e. The van der Waals surface area contributed by atoms with Crippen LogP contribution in [-0.2, 0) is 15.4 Å². The summed E-state index contributed by atoms with van der Waals surface area (Å²) in [7, 11) is -4.12. The highest BCUT2D eigenvalue weighted by Crippen LogP contribution is 2.27. The molecule has 1 aliphatic rings. The summed E-state index contributed by atoms with van der Waals surface area (Å²) >= 11 is 3.28. The van der Waals surface area contributed by atoms with E-state index in [0.29, 0.717) is 4.47 Å². The van der Waals surface area contributed by atoms with Crippen LogP contribution >= 0.6 is 15.9 Å². The summed E-state index contributed by atoms with van der Waals surface area (Å²) in [6, 6.07) is 16.1. The highest BCUT2D eigenvalue weighted by atomic mass is 79.9. The van der Waals surface area contributed by atoms with E-state index in [1.165, 1.54) is 22.8 Å². The summed E-state index contributed by atoms with van der Waals surface area (Å²) in [5, 5.41) is 0. The number of benzene rings is 2. The normalized spacial score (nSPS) is 14.3. The molecule has 0 aliphatic heterocycles. The maximum Gasteiger partial charge on any atom is 0.287 e. The number of nitrogens with zero attached hydrogens (tertiary/aromatic N) is 1. The van der Waals surface area contributed by atoms with Crippen molar-refractivity contribution in [2.24, 2.45) is 0 Å². The van der Waals surface area contributed by atoms with Crippen molar-refractivity contribution in [2.75, 3.05) is 0 Å². The molecule has 8 heteroatoms. The third-order valence-electron chi connectivity index (χ3n) is 5.41. The minimum atomic E-state index is -4.12. The molecule has 0 saturated carbocycles. The third kappa shape index (κ3) is 4.41. The Morgan fingerprint density at radius 3 is 1.91 bits per heavy atom. The van der Waals surface area contributed by atoms with Crippen molar-refractivity contribution in [1.29, 1.82) is 0 Å². The first-order valence-corrected chi connectivity index (χ1v) is 12.5. The summed E-state index contributed by atoms with van der Waals surface area (Å²) in [4.78, 5) is 26.8. The molecule has 0 radical (unpaired) electrons. The van der Waals surface area contributed by atoms with Gasteiger partial charge in [0.1, 0.15) is 0 Å². The Labute approximate surface area is 201 Å². The van der Waals surface area contributed by atoms with Gasteiger partial charge in [-0.3, -0.25) is 14.3 Å². The zero-order valence-electron chi connectivity index (χ0n) is 18.3. The molecule has 0 amide bonds. The molecule has 0 unspecified atom stereocenters. The number of rotatable bonds is 4. The maximum atomic E-state index is 13.5. The molecule has 0 saturated heterocycles. The molecule has 1 heterocycles. The number of Topliss-reactive ketones (excluding diaryl/α,β-unsaturated/α-hetero) is 2. The number of aromatic nitrogens is 1. The van der Waals surface area contributed by atoms with Gasteiger partial charge in [-0.25, -0.2) is 8.42 Å². The van der Waals surface area contributed by atoms with Gasteiger partial charge in [0, 0.05) is 27.7 Å². The SMILES string of the molecule is CC(C)(C)c1cc[n+](C2=C(NS(=O)(=O)c3ccc(Br)cc3)C(=O)c3ccccc3C2=O)cc1. The van der Waals surface area contributed by atoms with Crippen molar-refractivity contribution < 1.29 is 22.6 Å². The van der Waals surface area contributed by atoms with Crippen molar-refractivity contribution in [3.63, 3.8) is 0 Å². The van der Waals surface area contributed by atoms with E-state index in [2.05, 4.69) is 41.4 Å². The predicted octanol–water partition coefficient (Wildman–Crippen LogP) is 4.26. The van der Waals surface area contributed by atoms with Crippen LogP contribution in [0.5, 0.6) is 0 Å². The zero-order valence-corrected chi connectivity index (χ0v) is 20.7. The van der Waals surface area contributed by atoms with Gasteiger partial charge in [0.15, 0.2) is 18.1 Å². The third-order valence-corrected chi connectivity index (χ3v) is 7.30. The first-order chi connectivity index (χ1) is 15.5. The van der Waals surface area contributed by atoms with Crippen LogP contribution < -0.4 is 9.29 Å². The Morgan fingerprint density at radius 2 is 1.36 bits per heavy atom. The van der Waals surface area contributed by atoms with Gasteiger partial charge in [-0.15, -0.1) is 0 Å². The van der Waals surface area contributed by atoms with E-state index in [4.69, 9.17) is 0 Å². The number of hydrogen-bond donors (Lipinski definition) is 1. The van der Waals surface area contributed by atoms with E-state index in [0.717, 1.165) is 5.56 Å². The lowest BCUT2D eigenvalue weighted by atomic mass is 9.87. The van der Waals surface area contributed by atoms with Crippen LogP contribution in [0, 0.1) is 0 Å². The fraction of sp³-hybridized carbons (Fsp3) is 0.160. The second kappa shape index (κ2) is 8.35. The molecular formula is C25H22BrN2O4S+. The summed E-state index contributed by atoms with van der Waals surface area (Å²) in [5.74, 6) is -1.000. The number of carbonyl (C=O) groups is 2. The molecule has 0 atom stereocenters. The number of ketones is 2. The molecule has 4 rings (SSSR count). The molecule has 168 valence electrons. The van der Waals surface area contributed by atoms with E-state index >= 15 is 0 Å². The number of allylic oxidation sites excluding steroid dienone is 2. The van der Waals surface area contributed by atoms with E-state index in [1.54, 1.807) is 42.7 Å². The standard InChI is InChI=1S/C25H21BrN2O4S/c1-25(2,3)16-12-14-28(15-13-16)22-21(23(29)19-6-4-5-7-20(19)24(22)30)27-33(31,32)18-10-8-17(26)9-11-18/h4-15H,1-3H3/p+1. The minimum Gasteiger partial charge on any atom is -0.287 e. The van der Waals surface area contributed by atoms with E-state index in [9.17, 15) is 18.0 Å². The smallest absolute Gasteiger partial charge is 0.287 e. The van der Waals surface area contributed by atoms with Crippen LogP contribution in [0.3, 0.4) is 0 Å². The van der Waals surface area contributed by atoms with Crippen molar-refractivity contribution in [1.82, 2.24) is 4.72 Å². The Kier molecular flexibility index (Phi) is 5.84. The van der Waals surface area contributed by atoms with Gasteiger partial charge in [-0.1, -0.05) is 61.0 Å². The Bertz CT molecular complexity index is 1400. The van der Waals surface area contributed by atoms with Gasteiger partial charge in [0.05, 0.1) is 4.90 Å². The molecule has 1 N–H and O–H groups in total. The number of fused-ring (bicyclic) bond motifs is 1.